The van der Waals surface area contributed by atoms with Crippen molar-refractivity contribution in [2.24, 2.45) is 5.92 Å². The molecular formula is C14H23NO2. The third kappa shape index (κ3) is 6.29. The van der Waals surface area contributed by atoms with Crippen LogP contribution in [0.25, 0.3) is 0 Å². The summed E-state index contributed by atoms with van der Waals surface area (Å²) in [4.78, 5) is 0. The van der Waals surface area contributed by atoms with Crippen LogP contribution in [0.4, 0.5) is 0 Å². The molecule has 0 aliphatic carbocycles. The van der Waals surface area contributed by atoms with Crippen molar-refractivity contribution in [2.45, 2.75) is 26.9 Å². The Morgan fingerprint density at radius 1 is 1.29 bits per heavy atom. The van der Waals surface area contributed by atoms with Crippen LogP contribution >= 0.6 is 0 Å². The zero-order chi connectivity index (χ0) is 12.7. The first-order chi connectivity index (χ1) is 8.08. The van der Waals surface area contributed by atoms with E-state index in [9.17, 15) is 5.11 Å². The van der Waals surface area contributed by atoms with Crippen LogP contribution in [0, 0.1) is 12.8 Å². The van der Waals surface area contributed by atoms with Gasteiger partial charge < -0.3 is 15.2 Å². The summed E-state index contributed by atoms with van der Waals surface area (Å²) in [5.74, 6) is 1.41. The van der Waals surface area contributed by atoms with E-state index in [1.165, 1.54) is 0 Å². The maximum Gasteiger partial charge on any atom is 0.119 e. The van der Waals surface area contributed by atoms with Crippen molar-refractivity contribution in [1.29, 1.82) is 0 Å². The lowest BCUT2D eigenvalue weighted by Gasteiger charge is -2.14. The minimum absolute atomic E-state index is 0.328. The van der Waals surface area contributed by atoms with Crippen LogP contribution in [-0.4, -0.2) is 30.9 Å². The second-order valence-corrected chi connectivity index (χ2v) is 4.83. The third-order valence-electron chi connectivity index (χ3n) is 2.36. The topological polar surface area (TPSA) is 41.5 Å². The average molecular weight is 237 g/mol. The summed E-state index contributed by atoms with van der Waals surface area (Å²) in [6, 6.07) is 7.84. The van der Waals surface area contributed by atoms with E-state index in [0.29, 0.717) is 19.1 Å². The van der Waals surface area contributed by atoms with Crippen molar-refractivity contribution in [1.82, 2.24) is 5.32 Å². The zero-order valence-electron chi connectivity index (χ0n) is 10.9. The van der Waals surface area contributed by atoms with Gasteiger partial charge in [-0.2, -0.15) is 0 Å². The molecule has 0 fully saturated rings. The Bertz CT molecular complexity index is 326. The van der Waals surface area contributed by atoms with E-state index in [1.807, 2.05) is 31.2 Å². The molecule has 0 aliphatic heterocycles. The molecule has 17 heavy (non-hydrogen) atoms. The summed E-state index contributed by atoms with van der Waals surface area (Å²) < 4.78 is 5.52. The number of aliphatic hydroxyl groups excluding tert-OH is 1. The summed E-state index contributed by atoms with van der Waals surface area (Å²) in [7, 11) is 0. The Morgan fingerprint density at radius 2 is 2.06 bits per heavy atom. The van der Waals surface area contributed by atoms with Crippen molar-refractivity contribution >= 4 is 0 Å². The molecule has 0 saturated carbocycles. The molecule has 1 aromatic carbocycles. The van der Waals surface area contributed by atoms with Gasteiger partial charge in [0.25, 0.3) is 0 Å². The first-order valence-corrected chi connectivity index (χ1v) is 6.16. The third-order valence-corrected chi connectivity index (χ3v) is 2.36. The van der Waals surface area contributed by atoms with Gasteiger partial charge in [0.05, 0.1) is 0 Å². The molecule has 1 aromatic rings. The number of aliphatic hydroxyl groups is 1. The standard InChI is InChI=1S/C14H23NO2/c1-11(2)8-15-9-13(16)10-17-14-6-4-5-12(3)7-14/h4-7,11,13,15-16H,8-10H2,1-3H3/t13-/m0/s1. The van der Waals surface area contributed by atoms with Crippen molar-refractivity contribution in [3.63, 3.8) is 0 Å². The first kappa shape index (κ1) is 14.0. The van der Waals surface area contributed by atoms with Gasteiger partial charge in [-0.05, 0) is 37.1 Å². The second-order valence-electron chi connectivity index (χ2n) is 4.83. The van der Waals surface area contributed by atoms with Gasteiger partial charge in [0.15, 0.2) is 0 Å². The highest BCUT2D eigenvalue weighted by Gasteiger charge is 2.05. The van der Waals surface area contributed by atoms with E-state index in [2.05, 4.69) is 19.2 Å². The molecule has 0 saturated heterocycles. The van der Waals surface area contributed by atoms with Gasteiger partial charge in [-0.1, -0.05) is 26.0 Å². The molecule has 96 valence electrons. The summed E-state index contributed by atoms with van der Waals surface area (Å²) >= 11 is 0. The molecule has 1 atom stereocenters. The molecule has 0 aromatic heterocycles. The molecule has 0 radical (unpaired) electrons. The van der Waals surface area contributed by atoms with Gasteiger partial charge in [-0.15, -0.1) is 0 Å². The number of ether oxygens (including phenoxy) is 1. The van der Waals surface area contributed by atoms with Crippen molar-refractivity contribution < 1.29 is 9.84 Å². The van der Waals surface area contributed by atoms with Crippen LogP contribution in [0.15, 0.2) is 24.3 Å². The van der Waals surface area contributed by atoms with Crippen LogP contribution in [-0.2, 0) is 0 Å². The van der Waals surface area contributed by atoms with E-state index in [1.54, 1.807) is 0 Å². The van der Waals surface area contributed by atoms with Gasteiger partial charge in [0.1, 0.15) is 18.5 Å². The average Bonchev–Trinajstić information content (AvgIpc) is 2.26. The van der Waals surface area contributed by atoms with Gasteiger partial charge in [-0.3, -0.25) is 0 Å². The SMILES string of the molecule is Cc1cccc(OC[C@@H](O)CNCC(C)C)c1. The Balaban J connectivity index is 2.21. The summed E-state index contributed by atoms with van der Waals surface area (Å²) in [5.41, 5.74) is 1.16. The fourth-order valence-electron chi connectivity index (χ4n) is 1.50. The van der Waals surface area contributed by atoms with E-state index in [-0.39, 0.29) is 0 Å². The highest BCUT2D eigenvalue weighted by molar-refractivity contribution is 5.27. The largest absolute Gasteiger partial charge is 0.491 e. The van der Waals surface area contributed by atoms with E-state index in [0.717, 1.165) is 17.9 Å². The first-order valence-electron chi connectivity index (χ1n) is 6.16. The maximum absolute atomic E-state index is 9.71. The van der Waals surface area contributed by atoms with Crippen molar-refractivity contribution in [3.05, 3.63) is 29.8 Å². The highest BCUT2D eigenvalue weighted by Crippen LogP contribution is 2.12. The van der Waals surface area contributed by atoms with Crippen LogP contribution in [0.2, 0.25) is 0 Å². The van der Waals surface area contributed by atoms with Gasteiger partial charge in [0, 0.05) is 6.54 Å². The molecule has 0 amide bonds. The molecule has 2 N–H and O–H groups in total. The lowest BCUT2D eigenvalue weighted by molar-refractivity contribution is 0.106. The highest BCUT2D eigenvalue weighted by atomic mass is 16.5. The Kier molecular flexibility index (Phi) is 6.01. The molecule has 0 aliphatic rings. The number of nitrogens with one attached hydrogen (secondary N) is 1. The molecule has 3 nitrogen and oxygen atoms in total. The fourth-order valence-corrected chi connectivity index (χ4v) is 1.50. The predicted octanol–water partition coefficient (Wildman–Crippen LogP) is 1.98. The number of hydrogen-bond donors (Lipinski definition) is 2. The quantitative estimate of drug-likeness (QED) is 0.762. The smallest absolute Gasteiger partial charge is 0.119 e. The van der Waals surface area contributed by atoms with E-state index >= 15 is 0 Å². The van der Waals surface area contributed by atoms with Crippen LogP contribution < -0.4 is 10.1 Å². The maximum atomic E-state index is 9.71. The molecule has 1 rings (SSSR count). The Morgan fingerprint density at radius 3 is 2.71 bits per heavy atom. The molecule has 0 bridgehead atoms. The van der Waals surface area contributed by atoms with E-state index in [4.69, 9.17) is 4.74 Å². The molecule has 3 heteroatoms. The summed E-state index contributed by atoms with van der Waals surface area (Å²) in [6.07, 6.45) is -0.464. The summed E-state index contributed by atoms with van der Waals surface area (Å²) in [6.45, 7) is 8.12. The molecular weight excluding hydrogens is 214 g/mol. The van der Waals surface area contributed by atoms with Crippen molar-refractivity contribution in [3.8, 4) is 5.75 Å². The second kappa shape index (κ2) is 7.30. The van der Waals surface area contributed by atoms with E-state index < -0.39 is 6.10 Å². The lowest BCUT2D eigenvalue weighted by atomic mass is 10.2. The minimum Gasteiger partial charge on any atom is -0.491 e. The van der Waals surface area contributed by atoms with Crippen molar-refractivity contribution in [2.75, 3.05) is 19.7 Å². The van der Waals surface area contributed by atoms with Crippen LogP contribution in [0.5, 0.6) is 5.75 Å². The molecule has 0 heterocycles. The molecule has 0 unspecified atom stereocenters. The predicted molar refractivity (Wildman–Crippen MR) is 70.4 cm³/mol. The number of benzene rings is 1. The number of rotatable bonds is 7. The Hall–Kier alpha value is -1.06. The number of aryl methyl sites for hydroxylation is 1. The van der Waals surface area contributed by atoms with Crippen LogP contribution in [0.3, 0.4) is 0 Å². The van der Waals surface area contributed by atoms with Gasteiger partial charge >= 0.3 is 0 Å². The van der Waals surface area contributed by atoms with Gasteiger partial charge in [-0.25, -0.2) is 0 Å². The fraction of sp³-hybridized carbons (Fsp3) is 0.571. The monoisotopic (exact) mass is 237 g/mol. The summed E-state index contributed by atoms with van der Waals surface area (Å²) in [5, 5.41) is 12.9. The minimum atomic E-state index is -0.464. The zero-order valence-corrected chi connectivity index (χ0v) is 10.9. The lowest BCUT2D eigenvalue weighted by Crippen LogP contribution is -2.33. The molecule has 0 spiro atoms. The number of hydrogen-bond acceptors (Lipinski definition) is 3. The van der Waals surface area contributed by atoms with Gasteiger partial charge in [0.2, 0.25) is 0 Å². The normalized spacial score (nSPS) is 12.8. The van der Waals surface area contributed by atoms with Crippen LogP contribution in [0.1, 0.15) is 19.4 Å². The Labute approximate surface area is 104 Å².